The molecule has 0 aliphatic carbocycles. The van der Waals surface area contributed by atoms with E-state index >= 15 is 0 Å². The summed E-state index contributed by atoms with van der Waals surface area (Å²) in [5.74, 6) is -1.16. The van der Waals surface area contributed by atoms with Gasteiger partial charge in [-0.25, -0.2) is 10.2 Å². The second-order valence-corrected chi connectivity index (χ2v) is 7.38. The number of nitrogens with one attached hydrogen (secondary N) is 1. The van der Waals surface area contributed by atoms with Crippen LogP contribution < -0.4 is 14.9 Å². The molecule has 2 N–H and O–H groups in total. The molecule has 33 heavy (non-hydrogen) atoms. The molecule has 0 heterocycles. The van der Waals surface area contributed by atoms with Crippen LogP contribution in [0.3, 0.4) is 0 Å². The first-order valence-corrected chi connectivity index (χ1v) is 10.0. The molecule has 3 aromatic carbocycles. The Morgan fingerprint density at radius 3 is 2.48 bits per heavy atom. The van der Waals surface area contributed by atoms with Gasteiger partial charge in [0.1, 0.15) is 5.75 Å². The lowest BCUT2D eigenvalue weighted by molar-refractivity contribution is -0.384. The van der Waals surface area contributed by atoms with Crippen LogP contribution in [0.25, 0.3) is 0 Å². The van der Waals surface area contributed by atoms with Crippen LogP contribution in [-0.4, -0.2) is 35.2 Å². The number of carbonyl (C=O) groups excluding carboxylic acids is 2. The first-order valence-electron chi connectivity index (χ1n) is 9.25. The molecule has 168 valence electrons. The number of nitrogens with zero attached hydrogens (tertiary/aromatic N) is 2. The fourth-order valence-electron chi connectivity index (χ4n) is 2.64. The number of rotatable bonds is 7. The number of non-ortho nitro benzene ring substituents is 1. The molecule has 1 amide bonds. The molecule has 3 rings (SSSR count). The molecular formula is C22H16BrN3O7. The Labute approximate surface area is 195 Å². The number of esters is 1. The number of hydrogen-bond acceptors (Lipinski definition) is 8. The Bertz CT molecular complexity index is 1240. The van der Waals surface area contributed by atoms with Crippen molar-refractivity contribution in [3.63, 3.8) is 0 Å². The van der Waals surface area contributed by atoms with Gasteiger partial charge in [-0.2, -0.15) is 5.10 Å². The second kappa shape index (κ2) is 10.4. The maximum absolute atomic E-state index is 12.3. The fourth-order valence-corrected chi connectivity index (χ4v) is 3.00. The van der Waals surface area contributed by atoms with Gasteiger partial charge in [0.15, 0.2) is 11.5 Å². The van der Waals surface area contributed by atoms with Gasteiger partial charge in [-0.3, -0.25) is 14.9 Å². The minimum absolute atomic E-state index is 0.0487. The van der Waals surface area contributed by atoms with Crippen LogP contribution in [0.15, 0.2) is 70.2 Å². The first kappa shape index (κ1) is 23.4. The summed E-state index contributed by atoms with van der Waals surface area (Å²) >= 11 is 3.23. The van der Waals surface area contributed by atoms with E-state index in [2.05, 4.69) is 26.5 Å². The van der Waals surface area contributed by atoms with Crippen molar-refractivity contribution in [3.8, 4) is 17.2 Å². The van der Waals surface area contributed by atoms with Gasteiger partial charge >= 0.3 is 5.97 Å². The van der Waals surface area contributed by atoms with Gasteiger partial charge in [0.25, 0.3) is 11.6 Å². The van der Waals surface area contributed by atoms with Gasteiger partial charge in [-0.05, 0) is 54.1 Å². The van der Waals surface area contributed by atoms with E-state index in [0.717, 1.165) is 0 Å². The first-order chi connectivity index (χ1) is 15.8. The number of carbonyl (C=O) groups is 2. The number of amides is 1. The van der Waals surface area contributed by atoms with Crippen LogP contribution in [0, 0.1) is 10.1 Å². The largest absolute Gasteiger partial charge is 0.507 e. The van der Waals surface area contributed by atoms with Crippen molar-refractivity contribution < 1.29 is 29.1 Å². The second-order valence-electron chi connectivity index (χ2n) is 6.46. The zero-order chi connectivity index (χ0) is 24.0. The molecule has 0 radical (unpaired) electrons. The number of halogens is 1. The normalized spacial score (nSPS) is 10.6. The van der Waals surface area contributed by atoms with E-state index in [0.29, 0.717) is 10.0 Å². The Kier molecular flexibility index (Phi) is 7.36. The molecule has 0 bridgehead atoms. The molecule has 0 unspecified atom stereocenters. The molecule has 0 atom stereocenters. The summed E-state index contributed by atoms with van der Waals surface area (Å²) in [6, 6.07) is 14.0. The molecule has 3 aromatic rings. The summed E-state index contributed by atoms with van der Waals surface area (Å²) in [4.78, 5) is 34.7. The maximum Gasteiger partial charge on any atom is 0.343 e. The van der Waals surface area contributed by atoms with E-state index in [4.69, 9.17) is 9.47 Å². The number of hydrogen-bond donors (Lipinski definition) is 2. The number of ether oxygens (including phenoxy) is 2. The monoisotopic (exact) mass is 513 g/mol. The molecule has 0 spiro atoms. The number of phenols is 1. The number of phenolic OH excluding ortho intramolecular Hbond substituents is 1. The number of aromatic hydroxyl groups is 1. The predicted octanol–water partition coefficient (Wildman–Crippen LogP) is 4.05. The third-order valence-electron chi connectivity index (χ3n) is 4.29. The molecule has 0 saturated carbocycles. The average molecular weight is 514 g/mol. The summed E-state index contributed by atoms with van der Waals surface area (Å²) in [6.07, 6.45) is 1.34. The number of hydrazone groups is 1. The topological polar surface area (TPSA) is 140 Å². The zero-order valence-electron chi connectivity index (χ0n) is 17.0. The highest BCUT2D eigenvalue weighted by atomic mass is 79.9. The Morgan fingerprint density at radius 1 is 1.09 bits per heavy atom. The smallest absolute Gasteiger partial charge is 0.343 e. The van der Waals surface area contributed by atoms with E-state index in [1.807, 2.05) is 0 Å². The lowest BCUT2D eigenvalue weighted by atomic mass is 10.2. The fraction of sp³-hybridized carbons (Fsp3) is 0.0455. The lowest BCUT2D eigenvalue weighted by Crippen LogP contribution is -2.17. The number of nitro benzene ring substituents is 1. The van der Waals surface area contributed by atoms with Crippen molar-refractivity contribution >= 4 is 39.7 Å². The SMILES string of the molecule is COc1cc(C=NNC(=O)c2cc(Br)ccc2O)ccc1OC(=O)c1ccc([N+](=O)[O-])cc1. The van der Waals surface area contributed by atoms with Crippen LogP contribution in [0.4, 0.5) is 5.69 Å². The van der Waals surface area contributed by atoms with Gasteiger partial charge in [0.05, 0.1) is 29.4 Å². The minimum atomic E-state index is -0.717. The summed E-state index contributed by atoms with van der Waals surface area (Å²) in [7, 11) is 1.39. The van der Waals surface area contributed by atoms with Crippen molar-refractivity contribution in [2.75, 3.05) is 7.11 Å². The van der Waals surface area contributed by atoms with E-state index in [9.17, 15) is 24.8 Å². The lowest BCUT2D eigenvalue weighted by Gasteiger charge is -2.10. The van der Waals surface area contributed by atoms with E-state index < -0.39 is 16.8 Å². The summed E-state index contributed by atoms with van der Waals surface area (Å²) in [5, 5.41) is 24.4. The summed E-state index contributed by atoms with van der Waals surface area (Å²) < 4.78 is 11.2. The van der Waals surface area contributed by atoms with Crippen molar-refractivity contribution in [3.05, 3.63) is 91.9 Å². The summed E-state index contributed by atoms with van der Waals surface area (Å²) in [5.41, 5.74) is 2.87. The highest BCUT2D eigenvalue weighted by Crippen LogP contribution is 2.28. The number of nitro groups is 1. The third-order valence-corrected chi connectivity index (χ3v) is 4.78. The molecule has 0 fully saturated rings. The van der Waals surface area contributed by atoms with Gasteiger partial charge in [-0.1, -0.05) is 15.9 Å². The summed E-state index contributed by atoms with van der Waals surface area (Å²) in [6.45, 7) is 0. The third kappa shape index (κ3) is 5.92. The maximum atomic E-state index is 12.3. The van der Waals surface area contributed by atoms with Gasteiger partial charge in [0.2, 0.25) is 0 Å². The highest BCUT2D eigenvalue weighted by molar-refractivity contribution is 9.10. The van der Waals surface area contributed by atoms with Crippen LogP contribution in [0.2, 0.25) is 0 Å². The average Bonchev–Trinajstić information content (AvgIpc) is 2.81. The van der Waals surface area contributed by atoms with Crippen molar-refractivity contribution in [1.82, 2.24) is 5.43 Å². The van der Waals surface area contributed by atoms with Crippen molar-refractivity contribution in [2.24, 2.45) is 5.10 Å². The zero-order valence-corrected chi connectivity index (χ0v) is 18.6. The number of benzene rings is 3. The molecule has 0 aliphatic rings. The number of methoxy groups -OCH3 is 1. The predicted molar refractivity (Wildman–Crippen MR) is 122 cm³/mol. The van der Waals surface area contributed by atoms with Gasteiger partial charge in [-0.15, -0.1) is 0 Å². The molecule has 11 heteroatoms. The molecule has 0 aliphatic heterocycles. The van der Waals surface area contributed by atoms with Gasteiger partial charge < -0.3 is 14.6 Å². The van der Waals surface area contributed by atoms with Crippen molar-refractivity contribution in [2.45, 2.75) is 0 Å². The van der Waals surface area contributed by atoms with Crippen LogP contribution in [0.1, 0.15) is 26.3 Å². The van der Waals surface area contributed by atoms with Crippen LogP contribution >= 0.6 is 15.9 Å². The quantitative estimate of drug-likeness (QED) is 0.159. The molecule has 0 saturated heterocycles. The van der Waals surface area contributed by atoms with Gasteiger partial charge in [0, 0.05) is 16.6 Å². The molecule has 10 nitrogen and oxygen atoms in total. The van der Waals surface area contributed by atoms with Crippen LogP contribution in [0.5, 0.6) is 17.2 Å². The van der Waals surface area contributed by atoms with Crippen LogP contribution in [-0.2, 0) is 0 Å². The Hall–Kier alpha value is -4.25. The Morgan fingerprint density at radius 2 is 1.82 bits per heavy atom. The van der Waals surface area contributed by atoms with E-state index in [1.54, 1.807) is 12.1 Å². The highest BCUT2D eigenvalue weighted by Gasteiger charge is 2.15. The van der Waals surface area contributed by atoms with E-state index in [1.165, 1.54) is 61.9 Å². The molecular weight excluding hydrogens is 498 g/mol. The van der Waals surface area contributed by atoms with E-state index in [-0.39, 0.29) is 34.1 Å². The standard InChI is InChI=1S/C22H16BrN3O7/c1-32-20-10-13(12-24-25-21(28)17-11-15(23)5-8-18(17)27)2-9-19(20)33-22(29)14-3-6-16(7-4-14)26(30)31/h2-12,27H,1H3,(H,25,28). The Balaban J connectivity index is 1.68. The van der Waals surface area contributed by atoms with Crippen molar-refractivity contribution in [1.29, 1.82) is 0 Å². The molecule has 0 aromatic heterocycles. The minimum Gasteiger partial charge on any atom is -0.507 e.